The average Bonchev–Trinajstić information content (AvgIpc) is 2.75. The number of non-ortho nitro benzene ring substituents is 1. The summed E-state index contributed by atoms with van der Waals surface area (Å²) in [7, 11) is 1.11. The molecular formula is C20H20N2O7. The van der Waals surface area contributed by atoms with E-state index in [2.05, 4.69) is 10.1 Å². The van der Waals surface area contributed by atoms with Crippen molar-refractivity contribution in [1.29, 1.82) is 0 Å². The van der Waals surface area contributed by atoms with Crippen molar-refractivity contribution in [3.05, 3.63) is 75.3 Å². The van der Waals surface area contributed by atoms with E-state index in [0.717, 1.165) is 30.9 Å². The van der Waals surface area contributed by atoms with Gasteiger partial charge in [-0.05, 0) is 17.5 Å². The fraction of sp³-hybridized carbons (Fsp3) is 0.250. The predicted molar refractivity (Wildman–Crippen MR) is 103 cm³/mol. The molecule has 1 amide bonds. The number of nitrogens with one attached hydrogen (secondary N) is 1. The third-order valence-electron chi connectivity index (χ3n) is 4.09. The molecule has 2 aromatic rings. The molecule has 9 heteroatoms. The number of nitro benzene ring substituents is 1. The van der Waals surface area contributed by atoms with Crippen LogP contribution >= 0.6 is 0 Å². The molecular weight excluding hydrogens is 380 g/mol. The second-order valence-electron chi connectivity index (χ2n) is 6.21. The highest BCUT2D eigenvalue weighted by atomic mass is 16.6. The first-order valence-corrected chi connectivity index (χ1v) is 8.68. The van der Waals surface area contributed by atoms with Crippen LogP contribution < -0.4 is 5.32 Å². The van der Waals surface area contributed by atoms with E-state index in [1.165, 1.54) is 0 Å². The van der Waals surface area contributed by atoms with E-state index in [-0.39, 0.29) is 17.0 Å². The van der Waals surface area contributed by atoms with Crippen LogP contribution in [0.1, 0.15) is 39.1 Å². The monoisotopic (exact) mass is 400 g/mol. The number of amides is 1. The van der Waals surface area contributed by atoms with Crippen molar-refractivity contribution >= 4 is 23.5 Å². The Kier molecular flexibility index (Phi) is 7.41. The minimum atomic E-state index is -0.967. The SMILES string of the molecule is COC(=O)c1cc(C(=O)OCC(=O)NC[C@@H](C)c2ccccc2)cc([N+](=O)[O-])c1. The van der Waals surface area contributed by atoms with Gasteiger partial charge in [0.2, 0.25) is 0 Å². The zero-order valence-corrected chi connectivity index (χ0v) is 15.9. The summed E-state index contributed by atoms with van der Waals surface area (Å²) in [6.07, 6.45) is 0. The second kappa shape index (κ2) is 9.98. The van der Waals surface area contributed by atoms with Crippen LogP contribution in [0.4, 0.5) is 5.69 Å². The van der Waals surface area contributed by atoms with Gasteiger partial charge in [-0.1, -0.05) is 37.3 Å². The van der Waals surface area contributed by atoms with Gasteiger partial charge in [0.05, 0.1) is 23.2 Å². The third-order valence-corrected chi connectivity index (χ3v) is 4.09. The zero-order valence-electron chi connectivity index (χ0n) is 15.9. The van der Waals surface area contributed by atoms with E-state index in [1.54, 1.807) is 0 Å². The lowest BCUT2D eigenvalue weighted by Gasteiger charge is -2.13. The summed E-state index contributed by atoms with van der Waals surface area (Å²) in [5.74, 6) is -2.25. The number of nitro groups is 1. The number of hydrogen-bond donors (Lipinski definition) is 1. The normalized spacial score (nSPS) is 11.2. The molecule has 29 heavy (non-hydrogen) atoms. The van der Waals surface area contributed by atoms with Crippen LogP contribution in [0.5, 0.6) is 0 Å². The number of carbonyl (C=O) groups excluding carboxylic acids is 3. The highest BCUT2D eigenvalue weighted by molar-refractivity contribution is 5.97. The lowest BCUT2D eigenvalue weighted by atomic mass is 10.0. The Labute approximate surface area is 166 Å². The summed E-state index contributed by atoms with van der Waals surface area (Å²) in [6, 6.07) is 12.6. The molecule has 0 fully saturated rings. The predicted octanol–water partition coefficient (Wildman–Crippen LogP) is 2.46. The van der Waals surface area contributed by atoms with Crippen molar-refractivity contribution in [1.82, 2.24) is 5.32 Å². The number of ether oxygens (including phenoxy) is 2. The lowest BCUT2D eigenvalue weighted by Crippen LogP contribution is -2.31. The summed E-state index contributed by atoms with van der Waals surface area (Å²) in [4.78, 5) is 46.0. The Morgan fingerprint density at radius 1 is 1.07 bits per heavy atom. The van der Waals surface area contributed by atoms with Gasteiger partial charge in [0.25, 0.3) is 11.6 Å². The number of esters is 2. The second-order valence-corrected chi connectivity index (χ2v) is 6.21. The molecule has 152 valence electrons. The van der Waals surface area contributed by atoms with E-state index < -0.39 is 35.1 Å². The number of benzene rings is 2. The molecule has 2 rings (SSSR count). The summed E-state index contributed by atoms with van der Waals surface area (Å²) in [5.41, 5.74) is 0.178. The molecule has 0 aliphatic rings. The number of methoxy groups -OCH3 is 1. The fourth-order valence-corrected chi connectivity index (χ4v) is 2.50. The first-order valence-electron chi connectivity index (χ1n) is 8.68. The molecule has 0 saturated heterocycles. The highest BCUT2D eigenvalue weighted by Gasteiger charge is 2.20. The molecule has 0 saturated carbocycles. The van der Waals surface area contributed by atoms with Crippen LogP contribution in [0.2, 0.25) is 0 Å². The van der Waals surface area contributed by atoms with Crippen molar-refractivity contribution < 1.29 is 28.8 Å². The standard InChI is InChI=1S/C20H20N2O7/c1-13(14-6-4-3-5-7-14)11-21-18(23)12-29-20(25)16-8-15(19(24)28-2)9-17(10-16)22(26)27/h3-10,13H,11-12H2,1-2H3,(H,21,23)/t13-/m1/s1. The van der Waals surface area contributed by atoms with Gasteiger partial charge in [-0.15, -0.1) is 0 Å². The van der Waals surface area contributed by atoms with Gasteiger partial charge in [-0.25, -0.2) is 9.59 Å². The summed E-state index contributed by atoms with van der Waals surface area (Å²) >= 11 is 0. The molecule has 0 heterocycles. The molecule has 1 atom stereocenters. The van der Waals surface area contributed by atoms with Gasteiger partial charge in [0.1, 0.15) is 0 Å². The summed E-state index contributed by atoms with van der Waals surface area (Å²) in [6.45, 7) is 1.74. The van der Waals surface area contributed by atoms with Gasteiger partial charge in [0.15, 0.2) is 6.61 Å². The number of carbonyl (C=O) groups is 3. The van der Waals surface area contributed by atoms with Crippen LogP contribution in [-0.4, -0.2) is 43.0 Å². The van der Waals surface area contributed by atoms with Crippen LogP contribution in [0, 0.1) is 10.1 Å². The smallest absolute Gasteiger partial charge is 0.338 e. The molecule has 0 aromatic heterocycles. The Hall–Kier alpha value is -3.75. The van der Waals surface area contributed by atoms with Crippen molar-refractivity contribution in [3.8, 4) is 0 Å². The first-order chi connectivity index (χ1) is 13.8. The Bertz CT molecular complexity index is 912. The van der Waals surface area contributed by atoms with Crippen molar-refractivity contribution in [2.75, 3.05) is 20.3 Å². The van der Waals surface area contributed by atoms with E-state index in [1.807, 2.05) is 37.3 Å². The van der Waals surface area contributed by atoms with Crippen LogP contribution in [0.15, 0.2) is 48.5 Å². The maximum Gasteiger partial charge on any atom is 0.338 e. The molecule has 2 aromatic carbocycles. The van der Waals surface area contributed by atoms with Crippen LogP contribution in [0.3, 0.4) is 0 Å². The molecule has 0 bridgehead atoms. The highest BCUT2D eigenvalue weighted by Crippen LogP contribution is 2.19. The molecule has 0 aliphatic carbocycles. The fourth-order valence-electron chi connectivity index (χ4n) is 2.50. The quantitative estimate of drug-likeness (QED) is 0.410. The number of nitrogens with zero attached hydrogens (tertiary/aromatic N) is 1. The largest absolute Gasteiger partial charge is 0.465 e. The van der Waals surface area contributed by atoms with E-state index in [0.29, 0.717) is 6.54 Å². The van der Waals surface area contributed by atoms with E-state index in [4.69, 9.17) is 4.74 Å². The van der Waals surface area contributed by atoms with Gasteiger partial charge in [-0.2, -0.15) is 0 Å². The topological polar surface area (TPSA) is 125 Å². The van der Waals surface area contributed by atoms with Gasteiger partial charge >= 0.3 is 11.9 Å². The molecule has 1 N–H and O–H groups in total. The van der Waals surface area contributed by atoms with E-state index >= 15 is 0 Å². The first kappa shape index (κ1) is 21.5. The number of rotatable bonds is 8. The molecule has 0 unspecified atom stereocenters. The molecule has 0 spiro atoms. The summed E-state index contributed by atoms with van der Waals surface area (Å²) < 4.78 is 9.42. The Balaban J connectivity index is 1.96. The maximum atomic E-state index is 12.2. The van der Waals surface area contributed by atoms with Crippen LogP contribution in [-0.2, 0) is 14.3 Å². The van der Waals surface area contributed by atoms with E-state index in [9.17, 15) is 24.5 Å². The molecule has 9 nitrogen and oxygen atoms in total. The maximum absolute atomic E-state index is 12.2. The van der Waals surface area contributed by atoms with Crippen molar-refractivity contribution in [2.24, 2.45) is 0 Å². The lowest BCUT2D eigenvalue weighted by molar-refractivity contribution is -0.384. The Morgan fingerprint density at radius 2 is 1.69 bits per heavy atom. The van der Waals surface area contributed by atoms with Gasteiger partial charge in [0, 0.05) is 18.7 Å². The molecule has 0 radical (unpaired) electrons. The van der Waals surface area contributed by atoms with Gasteiger partial charge < -0.3 is 14.8 Å². The van der Waals surface area contributed by atoms with Crippen molar-refractivity contribution in [2.45, 2.75) is 12.8 Å². The zero-order chi connectivity index (χ0) is 21.4. The number of hydrogen-bond acceptors (Lipinski definition) is 7. The third kappa shape index (κ3) is 6.13. The Morgan fingerprint density at radius 3 is 2.28 bits per heavy atom. The van der Waals surface area contributed by atoms with Gasteiger partial charge in [-0.3, -0.25) is 14.9 Å². The van der Waals surface area contributed by atoms with Crippen LogP contribution in [0.25, 0.3) is 0 Å². The minimum Gasteiger partial charge on any atom is -0.465 e. The summed E-state index contributed by atoms with van der Waals surface area (Å²) in [5, 5.41) is 13.7. The molecule has 0 aliphatic heterocycles. The van der Waals surface area contributed by atoms with Crippen molar-refractivity contribution in [3.63, 3.8) is 0 Å². The minimum absolute atomic E-state index is 0.0650. The average molecular weight is 400 g/mol.